The molecule has 130 valence electrons. The van der Waals surface area contributed by atoms with E-state index in [2.05, 4.69) is 4.74 Å². The van der Waals surface area contributed by atoms with Crippen molar-refractivity contribution in [3.05, 3.63) is 59.7 Å². The number of rotatable bonds is 7. The van der Waals surface area contributed by atoms with Gasteiger partial charge in [-0.2, -0.15) is 0 Å². The predicted octanol–water partition coefficient (Wildman–Crippen LogP) is 2.74. The first kappa shape index (κ1) is 19.8. The molecule has 0 aliphatic rings. The number of hydrogen-bond acceptors (Lipinski definition) is 5. The monoisotopic (exact) mass is 351 g/mol. The Bertz CT molecular complexity index is 649. The first-order chi connectivity index (χ1) is 11.2. The van der Waals surface area contributed by atoms with E-state index in [9.17, 15) is 4.79 Å². The minimum Gasteiger partial charge on any atom is -0.493 e. The molecule has 0 saturated carbocycles. The highest BCUT2D eigenvalue weighted by Crippen LogP contribution is 2.32. The van der Waals surface area contributed by atoms with Crippen LogP contribution in [0.25, 0.3) is 0 Å². The zero-order valence-electron chi connectivity index (χ0n) is 13.7. The molecule has 2 aromatic carbocycles. The molecule has 1 atom stereocenters. The summed E-state index contributed by atoms with van der Waals surface area (Å²) in [5, 5.41) is 0. The summed E-state index contributed by atoms with van der Waals surface area (Å²) in [6.45, 7) is 0.404. The Morgan fingerprint density at radius 1 is 1.08 bits per heavy atom. The molecule has 6 heteroatoms. The van der Waals surface area contributed by atoms with Crippen molar-refractivity contribution in [2.45, 2.75) is 19.1 Å². The lowest BCUT2D eigenvalue weighted by Gasteiger charge is -2.17. The number of para-hydroxylation sites is 1. The first-order valence-corrected chi connectivity index (χ1v) is 7.31. The minimum absolute atomic E-state index is 0. The molecule has 5 nitrogen and oxygen atoms in total. The van der Waals surface area contributed by atoms with Gasteiger partial charge in [-0.1, -0.05) is 42.5 Å². The average molecular weight is 352 g/mol. The fourth-order valence-electron chi connectivity index (χ4n) is 2.25. The van der Waals surface area contributed by atoms with Gasteiger partial charge in [0.05, 0.1) is 14.2 Å². The van der Waals surface area contributed by atoms with Crippen LogP contribution in [0.3, 0.4) is 0 Å². The van der Waals surface area contributed by atoms with Gasteiger partial charge >= 0.3 is 5.97 Å². The molecule has 0 fully saturated rings. The number of halogens is 1. The van der Waals surface area contributed by atoms with E-state index >= 15 is 0 Å². The molecule has 0 aliphatic carbocycles. The highest BCUT2D eigenvalue weighted by atomic mass is 35.5. The molecule has 2 N–H and O–H groups in total. The number of ether oxygens (including phenoxy) is 3. The number of benzene rings is 2. The van der Waals surface area contributed by atoms with Crippen LogP contribution < -0.4 is 15.2 Å². The number of methoxy groups -OCH3 is 2. The van der Waals surface area contributed by atoms with E-state index in [1.165, 1.54) is 7.11 Å². The molecule has 0 aromatic heterocycles. The summed E-state index contributed by atoms with van der Waals surface area (Å²) in [7, 11) is 2.90. The van der Waals surface area contributed by atoms with Crippen molar-refractivity contribution >= 4 is 18.4 Å². The lowest BCUT2D eigenvalue weighted by molar-refractivity contribution is -0.142. The van der Waals surface area contributed by atoms with Crippen LogP contribution in [0.4, 0.5) is 0 Å². The summed E-state index contributed by atoms with van der Waals surface area (Å²) in [5.41, 5.74) is 7.70. The number of nitrogens with two attached hydrogens (primary N) is 1. The summed E-state index contributed by atoms with van der Waals surface area (Å²) in [5.74, 6) is 0.746. The van der Waals surface area contributed by atoms with E-state index in [1.54, 1.807) is 7.11 Å². The normalized spacial score (nSPS) is 11.1. The van der Waals surface area contributed by atoms with Crippen LogP contribution >= 0.6 is 12.4 Å². The Labute approximate surface area is 148 Å². The van der Waals surface area contributed by atoms with Crippen molar-refractivity contribution in [1.82, 2.24) is 0 Å². The summed E-state index contributed by atoms with van der Waals surface area (Å²) >= 11 is 0. The lowest BCUT2D eigenvalue weighted by atomic mass is 10.0. The Morgan fingerprint density at radius 2 is 1.79 bits per heavy atom. The van der Waals surface area contributed by atoms with Crippen LogP contribution in [0, 0.1) is 0 Å². The zero-order valence-corrected chi connectivity index (χ0v) is 14.5. The largest absolute Gasteiger partial charge is 0.493 e. The molecule has 24 heavy (non-hydrogen) atoms. The van der Waals surface area contributed by atoms with E-state index in [0.29, 0.717) is 24.5 Å². The van der Waals surface area contributed by atoms with Gasteiger partial charge in [0.2, 0.25) is 0 Å². The highest BCUT2D eigenvalue weighted by molar-refractivity contribution is 5.85. The van der Waals surface area contributed by atoms with Crippen LogP contribution in [0.5, 0.6) is 11.5 Å². The van der Waals surface area contributed by atoms with Gasteiger partial charge in [0, 0.05) is 12.0 Å². The molecule has 0 bridgehead atoms. The van der Waals surface area contributed by atoms with Crippen LogP contribution in [0.2, 0.25) is 0 Å². The molecule has 0 saturated heterocycles. The molecular formula is C18H22ClNO4. The van der Waals surface area contributed by atoms with Crippen molar-refractivity contribution in [2.24, 2.45) is 5.73 Å². The lowest BCUT2D eigenvalue weighted by Crippen LogP contribution is -2.33. The van der Waals surface area contributed by atoms with E-state index in [1.807, 2.05) is 48.5 Å². The predicted molar refractivity (Wildman–Crippen MR) is 94.7 cm³/mol. The van der Waals surface area contributed by atoms with Gasteiger partial charge in [-0.3, -0.25) is 4.79 Å². The maximum Gasteiger partial charge on any atom is 0.322 e. The molecule has 2 rings (SSSR count). The Morgan fingerprint density at radius 3 is 2.42 bits per heavy atom. The van der Waals surface area contributed by atoms with Crippen molar-refractivity contribution in [1.29, 1.82) is 0 Å². The standard InChI is InChI=1S/C18H21NO4.ClH/c1-21-16-10-6-9-14(11-15(19)18(20)22-2)17(16)23-12-13-7-4-3-5-8-13;/h3-10,15H,11-12,19H2,1-2H3;1H/t15-;/m0./s1. The van der Waals surface area contributed by atoms with Gasteiger partial charge in [-0.15, -0.1) is 12.4 Å². The summed E-state index contributed by atoms with van der Waals surface area (Å²) in [6, 6.07) is 14.6. The fourth-order valence-corrected chi connectivity index (χ4v) is 2.25. The van der Waals surface area contributed by atoms with E-state index in [0.717, 1.165) is 11.1 Å². The molecule has 2 aromatic rings. The maximum atomic E-state index is 11.5. The van der Waals surface area contributed by atoms with E-state index < -0.39 is 12.0 Å². The number of carbonyl (C=O) groups is 1. The molecule has 0 heterocycles. The third kappa shape index (κ3) is 5.15. The van der Waals surface area contributed by atoms with Crippen molar-refractivity contribution in [3.8, 4) is 11.5 Å². The molecule has 0 aliphatic heterocycles. The fraction of sp³-hybridized carbons (Fsp3) is 0.278. The third-order valence-electron chi connectivity index (χ3n) is 3.45. The number of carbonyl (C=O) groups excluding carboxylic acids is 1. The Hall–Kier alpha value is -2.24. The van der Waals surface area contributed by atoms with Crippen LogP contribution in [0.1, 0.15) is 11.1 Å². The number of hydrogen-bond donors (Lipinski definition) is 1. The van der Waals surface area contributed by atoms with Crippen molar-refractivity contribution in [2.75, 3.05) is 14.2 Å². The second kappa shape index (κ2) is 9.80. The smallest absolute Gasteiger partial charge is 0.322 e. The molecule has 0 spiro atoms. The van der Waals surface area contributed by atoms with Crippen molar-refractivity contribution in [3.63, 3.8) is 0 Å². The SMILES string of the molecule is COC(=O)[C@@H](N)Cc1cccc(OC)c1OCc1ccccc1.Cl. The van der Waals surface area contributed by atoms with E-state index in [-0.39, 0.29) is 12.4 Å². The Balaban J connectivity index is 0.00000288. The topological polar surface area (TPSA) is 70.8 Å². The highest BCUT2D eigenvalue weighted by Gasteiger charge is 2.19. The van der Waals surface area contributed by atoms with Crippen molar-refractivity contribution < 1.29 is 19.0 Å². The van der Waals surface area contributed by atoms with Gasteiger partial charge in [0.15, 0.2) is 11.5 Å². The van der Waals surface area contributed by atoms with Gasteiger partial charge in [-0.25, -0.2) is 0 Å². The quantitative estimate of drug-likeness (QED) is 0.777. The van der Waals surface area contributed by atoms with Gasteiger partial charge < -0.3 is 19.9 Å². The van der Waals surface area contributed by atoms with Crippen LogP contribution in [0.15, 0.2) is 48.5 Å². The summed E-state index contributed by atoms with van der Waals surface area (Å²) in [6.07, 6.45) is 0.313. The minimum atomic E-state index is -0.744. The third-order valence-corrected chi connectivity index (χ3v) is 3.45. The number of esters is 1. The Kier molecular flexibility index (Phi) is 8.09. The van der Waals surface area contributed by atoms with Crippen LogP contribution in [-0.4, -0.2) is 26.2 Å². The molecule has 0 amide bonds. The molecule has 0 radical (unpaired) electrons. The van der Waals surface area contributed by atoms with Crippen LogP contribution in [-0.2, 0) is 22.6 Å². The summed E-state index contributed by atoms with van der Waals surface area (Å²) < 4.78 is 16.0. The second-order valence-corrected chi connectivity index (χ2v) is 5.06. The molecular weight excluding hydrogens is 330 g/mol. The first-order valence-electron chi connectivity index (χ1n) is 7.31. The maximum absolute atomic E-state index is 11.5. The van der Waals surface area contributed by atoms with Gasteiger partial charge in [0.25, 0.3) is 0 Å². The van der Waals surface area contributed by atoms with Gasteiger partial charge in [0.1, 0.15) is 12.6 Å². The second-order valence-electron chi connectivity index (χ2n) is 5.06. The van der Waals surface area contributed by atoms with Gasteiger partial charge in [-0.05, 0) is 11.6 Å². The zero-order chi connectivity index (χ0) is 16.7. The summed E-state index contributed by atoms with van der Waals surface area (Å²) in [4.78, 5) is 11.5. The average Bonchev–Trinajstić information content (AvgIpc) is 2.60. The molecule has 0 unspecified atom stereocenters. The van der Waals surface area contributed by atoms with E-state index in [4.69, 9.17) is 15.2 Å².